The molecule has 24 heavy (non-hydrogen) atoms. The summed E-state index contributed by atoms with van der Waals surface area (Å²) in [6.07, 6.45) is 3.55. The second-order valence-corrected chi connectivity index (χ2v) is 6.57. The van der Waals surface area contributed by atoms with Crippen molar-refractivity contribution in [2.24, 2.45) is 17.6 Å². The summed E-state index contributed by atoms with van der Waals surface area (Å²) in [5.74, 6) is -0.442. The summed E-state index contributed by atoms with van der Waals surface area (Å²) in [7, 11) is 0. The molecule has 1 fully saturated rings. The van der Waals surface area contributed by atoms with E-state index >= 15 is 0 Å². The number of carbonyl (C=O) groups is 2. The average molecular weight is 331 g/mol. The Morgan fingerprint density at radius 1 is 1.42 bits per heavy atom. The lowest BCUT2D eigenvalue weighted by atomic mass is 9.95. The lowest BCUT2D eigenvalue weighted by Crippen LogP contribution is -2.27. The Morgan fingerprint density at radius 3 is 2.67 bits per heavy atom. The Balaban J connectivity index is 1.86. The van der Waals surface area contributed by atoms with Gasteiger partial charge in [0.25, 0.3) is 0 Å². The summed E-state index contributed by atoms with van der Waals surface area (Å²) in [5.41, 5.74) is 6.93. The predicted molar refractivity (Wildman–Crippen MR) is 93.2 cm³/mol. The highest BCUT2D eigenvalue weighted by molar-refractivity contribution is 5.98. The number of nitrogens with one attached hydrogen (secondary N) is 1. The van der Waals surface area contributed by atoms with Crippen LogP contribution in [0.4, 0.5) is 5.69 Å². The minimum absolute atomic E-state index is 0.0163. The normalized spacial score (nSPS) is 18.6. The average Bonchev–Trinajstić information content (AvgIpc) is 2.88. The molecule has 0 bridgehead atoms. The van der Waals surface area contributed by atoms with Crippen LogP contribution in [0.3, 0.4) is 0 Å². The third kappa shape index (κ3) is 4.57. The highest BCUT2D eigenvalue weighted by Crippen LogP contribution is 2.29. The lowest BCUT2D eigenvalue weighted by Gasteiger charge is -2.17. The van der Waals surface area contributed by atoms with Gasteiger partial charge in [-0.05, 0) is 43.0 Å². The Hall–Kier alpha value is -2.37. The van der Waals surface area contributed by atoms with Crippen molar-refractivity contribution in [2.75, 3.05) is 11.4 Å². The smallest absolute Gasteiger partial charge is 0.303 e. The number of hydrogen-bond donors (Lipinski definition) is 3. The number of carboxylic acids is 1. The van der Waals surface area contributed by atoms with Crippen LogP contribution in [-0.4, -0.2) is 29.4 Å². The molecule has 4 N–H and O–H groups in total. The fourth-order valence-electron chi connectivity index (χ4n) is 3.20. The van der Waals surface area contributed by atoms with Crippen molar-refractivity contribution in [1.82, 2.24) is 0 Å². The number of rotatable bonds is 8. The molecule has 6 heteroatoms. The van der Waals surface area contributed by atoms with Crippen LogP contribution in [0.15, 0.2) is 24.3 Å². The largest absolute Gasteiger partial charge is 0.481 e. The molecule has 1 aliphatic heterocycles. The van der Waals surface area contributed by atoms with E-state index in [0.29, 0.717) is 12.1 Å². The van der Waals surface area contributed by atoms with Gasteiger partial charge in [0, 0.05) is 30.1 Å². The van der Waals surface area contributed by atoms with Crippen molar-refractivity contribution in [2.45, 2.75) is 39.0 Å². The number of nitrogens with zero attached hydrogens (tertiary/aromatic N) is 1. The van der Waals surface area contributed by atoms with Gasteiger partial charge in [-0.2, -0.15) is 0 Å². The molecule has 130 valence electrons. The zero-order valence-corrected chi connectivity index (χ0v) is 14.0. The number of benzene rings is 1. The molecule has 0 saturated carbocycles. The van der Waals surface area contributed by atoms with E-state index in [1.54, 1.807) is 17.0 Å². The maximum absolute atomic E-state index is 12.5. The molecule has 0 aromatic heterocycles. The van der Waals surface area contributed by atoms with E-state index in [4.69, 9.17) is 16.2 Å². The molecule has 1 aliphatic rings. The molecule has 2 atom stereocenters. The zero-order valence-electron chi connectivity index (χ0n) is 14.0. The molecule has 1 unspecified atom stereocenters. The maximum Gasteiger partial charge on any atom is 0.303 e. The second-order valence-electron chi connectivity index (χ2n) is 6.57. The third-order valence-electron chi connectivity index (χ3n) is 4.58. The molecule has 1 saturated heterocycles. The van der Waals surface area contributed by atoms with Gasteiger partial charge in [-0.1, -0.05) is 19.8 Å². The molecule has 6 nitrogen and oxygen atoms in total. The first kappa shape index (κ1) is 18.0. The van der Waals surface area contributed by atoms with Gasteiger partial charge in [0.15, 0.2) is 0 Å². The van der Waals surface area contributed by atoms with Crippen LogP contribution in [0.2, 0.25) is 0 Å². The fourth-order valence-corrected chi connectivity index (χ4v) is 3.20. The topological polar surface area (TPSA) is 107 Å². The number of carboxylic acid groups (broad SMARTS) is 1. The number of nitrogen functional groups attached to an aromatic ring is 1. The summed E-state index contributed by atoms with van der Waals surface area (Å²) in [5, 5.41) is 16.2. The summed E-state index contributed by atoms with van der Waals surface area (Å²) in [6.45, 7) is 2.64. The first-order valence-electron chi connectivity index (χ1n) is 8.36. The van der Waals surface area contributed by atoms with Crippen molar-refractivity contribution >= 4 is 23.4 Å². The van der Waals surface area contributed by atoms with Gasteiger partial charge in [-0.15, -0.1) is 0 Å². The number of amidine groups is 1. The van der Waals surface area contributed by atoms with Crippen LogP contribution in [0, 0.1) is 17.2 Å². The third-order valence-corrected chi connectivity index (χ3v) is 4.58. The van der Waals surface area contributed by atoms with Crippen molar-refractivity contribution in [3.63, 3.8) is 0 Å². The monoisotopic (exact) mass is 331 g/mol. The number of amides is 1. The van der Waals surface area contributed by atoms with E-state index in [1.165, 1.54) is 0 Å². The molecule has 0 spiro atoms. The summed E-state index contributed by atoms with van der Waals surface area (Å²) in [6, 6.07) is 7.16. The minimum Gasteiger partial charge on any atom is -0.481 e. The van der Waals surface area contributed by atoms with Crippen molar-refractivity contribution in [3.8, 4) is 0 Å². The summed E-state index contributed by atoms with van der Waals surface area (Å²) < 4.78 is 0. The van der Waals surface area contributed by atoms with Crippen LogP contribution in [-0.2, 0) is 9.59 Å². The molecule has 2 rings (SSSR count). The Morgan fingerprint density at radius 2 is 2.08 bits per heavy atom. The Bertz CT molecular complexity index is 612. The van der Waals surface area contributed by atoms with E-state index in [-0.39, 0.29) is 30.0 Å². The molecule has 1 aromatic carbocycles. The van der Waals surface area contributed by atoms with Crippen LogP contribution in [0.25, 0.3) is 0 Å². The molecular formula is C18H25N3O3. The standard InChI is InChI=1S/C18H25N3O3/c1-12(11-16(22)23)3-2-4-14-9-10-21(18(14)24)15-7-5-13(6-8-15)17(19)20/h5-8,12,14H,2-4,9-11H2,1H3,(H3,19,20)(H,22,23)/t12-,14?/m0/s1. The molecule has 0 radical (unpaired) electrons. The number of hydrogen-bond acceptors (Lipinski definition) is 3. The Kier molecular flexibility index (Phi) is 5.95. The first-order chi connectivity index (χ1) is 11.4. The van der Waals surface area contributed by atoms with Gasteiger partial charge < -0.3 is 15.7 Å². The van der Waals surface area contributed by atoms with Crippen molar-refractivity contribution < 1.29 is 14.7 Å². The van der Waals surface area contributed by atoms with Crippen molar-refractivity contribution in [1.29, 1.82) is 5.41 Å². The molecule has 1 aromatic rings. The van der Waals surface area contributed by atoms with Crippen LogP contribution < -0.4 is 10.6 Å². The quantitative estimate of drug-likeness (QED) is 0.502. The Labute approximate surface area is 142 Å². The highest BCUT2D eigenvalue weighted by atomic mass is 16.4. The van der Waals surface area contributed by atoms with E-state index < -0.39 is 5.97 Å². The van der Waals surface area contributed by atoms with Crippen LogP contribution in [0.1, 0.15) is 44.6 Å². The van der Waals surface area contributed by atoms with Gasteiger partial charge in [0.2, 0.25) is 5.91 Å². The number of aliphatic carboxylic acids is 1. The number of carbonyl (C=O) groups excluding carboxylic acids is 1. The van der Waals surface area contributed by atoms with Gasteiger partial charge in [-0.25, -0.2) is 0 Å². The van der Waals surface area contributed by atoms with Gasteiger partial charge in [0.05, 0.1) is 0 Å². The maximum atomic E-state index is 12.5. The summed E-state index contributed by atoms with van der Waals surface area (Å²) >= 11 is 0. The zero-order chi connectivity index (χ0) is 17.7. The van der Waals surface area contributed by atoms with E-state index in [9.17, 15) is 9.59 Å². The number of nitrogens with two attached hydrogens (primary N) is 1. The lowest BCUT2D eigenvalue weighted by molar-refractivity contribution is -0.138. The van der Waals surface area contributed by atoms with E-state index in [2.05, 4.69) is 0 Å². The molecule has 1 heterocycles. The van der Waals surface area contributed by atoms with Crippen LogP contribution >= 0.6 is 0 Å². The first-order valence-corrected chi connectivity index (χ1v) is 8.36. The van der Waals surface area contributed by atoms with Gasteiger partial charge in [0.1, 0.15) is 5.84 Å². The second kappa shape index (κ2) is 7.95. The van der Waals surface area contributed by atoms with Gasteiger partial charge >= 0.3 is 5.97 Å². The van der Waals surface area contributed by atoms with Crippen molar-refractivity contribution in [3.05, 3.63) is 29.8 Å². The predicted octanol–water partition coefficient (Wildman–Crippen LogP) is 2.60. The molecule has 1 amide bonds. The highest BCUT2D eigenvalue weighted by Gasteiger charge is 2.32. The molecular weight excluding hydrogens is 306 g/mol. The SMILES string of the molecule is C[C@@H](CCCC1CCN(c2ccc(C(=N)N)cc2)C1=O)CC(=O)O. The number of anilines is 1. The van der Waals surface area contributed by atoms with Crippen LogP contribution in [0.5, 0.6) is 0 Å². The fraction of sp³-hybridized carbons (Fsp3) is 0.500. The molecule has 0 aliphatic carbocycles. The summed E-state index contributed by atoms with van der Waals surface area (Å²) in [4.78, 5) is 25.0. The van der Waals surface area contributed by atoms with E-state index in [0.717, 1.165) is 31.4 Å². The van der Waals surface area contributed by atoms with E-state index in [1.807, 2.05) is 19.1 Å². The minimum atomic E-state index is -0.764. The van der Waals surface area contributed by atoms with Gasteiger partial charge in [-0.3, -0.25) is 15.0 Å².